The van der Waals surface area contributed by atoms with E-state index in [1.165, 1.54) is 4.31 Å². The number of nitrogens with zero attached hydrogens (tertiary/aromatic N) is 1. The van der Waals surface area contributed by atoms with Gasteiger partial charge in [-0.05, 0) is 55.5 Å². The zero-order chi connectivity index (χ0) is 20.4. The first-order valence-corrected chi connectivity index (χ1v) is 11.5. The highest BCUT2D eigenvalue weighted by atomic mass is 32.2. The van der Waals surface area contributed by atoms with E-state index in [-0.39, 0.29) is 16.9 Å². The molecule has 1 unspecified atom stereocenters. The first kappa shape index (κ1) is 20.1. The maximum Gasteiger partial charge on any atom is 0.243 e. The van der Waals surface area contributed by atoms with E-state index in [1.54, 1.807) is 18.2 Å². The molecule has 0 aromatic heterocycles. The summed E-state index contributed by atoms with van der Waals surface area (Å²) in [5, 5.41) is 2.81. The summed E-state index contributed by atoms with van der Waals surface area (Å²) in [7, 11) is -3.71. The van der Waals surface area contributed by atoms with E-state index < -0.39 is 10.0 Å². The van der Waals surface area contributed by atoms with Crippen molar-refractivity contribution in [3.05, 3.63) is 59.2 Å². The van der Waals surface area contributed by atoms with E-state index in [9.17, 15) is 13.2 Å². The van der Waals surface area contributed by atoms with Crippen LogP contribution in [0.5, 0.6) is 0 Å². The van der Waals surface area contributed by atoms with Crippen molar-refractivity contribution in [3.8, 4) is 0 Å². The fraction of sp³-hybridized carbons (Fsp3) is 0.409. The van der Waals surface area contributed by atoms with Crippen molar-refractivity contribution in [3.63, 3.8) is 0 Å². The highest BCUT2D eigenvalue weighted by Gasteiger charge is 2.30. The minimum absolute atomic E-state index is 0.0347. The smallest absolute Gasteiger partial charge is 0.243 e. The van der Waals surface area contributed by atoms with E-state index in [4.69, 9.17) is 4.74 Å². The molecular weight excluding hydrogens is 388 g/mol. The number of ether oxygens (including phenoxy) is 1. The fourth-order valence-corrected chi connectivity index (χ4v) is 5.46. The van der Waals surface area contributed by atoms with Crippen LogP contribution in [-0.2, 0) is 32.5 Å². The molecule has 4 rings (SSSR count). The molecule has 1 saturated heterocycles. The monoisotopic (exact) mass is 414 g/mol. The number of aryl methyl sites for hydroxylation is 2. The van der Waals surface area contributed by atoms with Crippen molar-refractivity contribution in [2.45, 2.75) is 50.2 Å². The standard InChI is InChI=1S/C22H26N2O4S/c1-16-4-2-5-17(12-16)14-24(15-19-6-3-11-28-19)29(26,27)20-8-9-21-18(13-20)7-10-22(25)23-21/h2,4-5,8-9,12-13,19H,3,6-7,10-11,14-15H2,1H3,(H,23,25). The third-order valence-corrected chi connectivity index (χ3v) is 7.29. The summed E-state index contributed by atoms with van der Waals surface area (Å²) in [6.07, 6.45) is 2.68. The number of hydrogen-bond donors (Lipinski definition) is 1. The first-order chi connectivity index (χ1) is 13.9. The van der Waals surface area contributed by atoms with Gasteiger partial charge in [0.05, 0.1) is 11.0 Å². The van der Waals surface area contributed by atoms with Crippen LogP contribution in [0.2, 0.25) is 0 Å². The number of rotatable bonds is 6. The van der Waals surface area contributed by atoms with Gasteiger partial charge in [-0.25, -0.2) is 8.42 Å². The van der Waals surface area contributed by atoms with Gasteiger partial charge in [-0.2, -0.15) is 4.31 Å². The maximum absolute atomic E-state index is 13.5. The topological polar surface area (TPSA) is 75.7 Å². The molecule has 29 heavy (non-hydrogen) atoms. The van der Waals surface area contributed by atoms with Crippen LogP contribution in [-0.4, -0.2) is 37.9 Å². The summed E-state index contributed by atoms with van der Waals surface area (Å²) < 4.78 is 34.3. The molecule has 1 amide bonds. The zero-order valence-electron chi connectivity index (χ0n) is 16.6. The van der Waals surface area contributed by atoms with Crippen LogP contribution in [0, 0.1) is 6.92 Å². The number of benzene rings is 2. The van der Waals surface area contributed by atoms with Gasteiger partial charge in [-0.3, -0.25) is 4.79 Å². The van der Waals surface area contributed by atoms with Gasteiger partial charge < -0.3 is 10.1 Å². The van der Waals surface area contributed by atoms with Gasteiger partial charge in [0.1, 0.15) is 0 Å². The number of amides is 1. The van der Waals surface area contributed by atoms with Crippen LogP contribution in [0.4, 0.5) is 5.69 Å². The van der Waals surface area contributed by atoms with Gasteiger partial charge in [0.15, 0.2) is 0 Å². The van der Waals surface area contributed by atoms with Crippen molar-refractivity contribution in [2.75, 3.05) is 18.5 Å². The van der Waals surface area contributed by atoms with Gasteiger partial charge >= 0.3 is 0 Å². The Balaban J connectivity index is 1.65. The molecule has 0 aliphatic carbocycles. The van der Waals surface area contributed by atoms with Crippen molar-refractivity contribution >= 4 is 21.6 Å². The van der Waals surface area contributed by atoms with E-state index in [2.05, 4.69) is 5.32 Å². The molecule has 154 valence electrons. The lowest BCUT2D eigenvalue weighted by atomic mass is 10.0. The fourth-order valence-electron chi connectivity index (χ4n) is 3.95. The molecule has 0 radical (unpaired) electrons. The molecule has 7 heteroatoms. The number of carbonyl (C=O) groups is 1. The number of nitrogens with one attached hydrogen (secondary N) is 1. The second-order valence-electron chi connectivity index (χ2n) is 7.79. The third-order valence-electron chi connectivity index (χ3n) is 5.48. The summed E-state index contributed by atoms with van der Waals surface area (Å²) in [6, 6.07) is 12.9. The molecule has 0 bridgehead atoms. The molecule has 2 heterocycles. The lowest BCUT2D eigenvalue weighted by molar-refractivity contribution is -0.116. The summed E-state index contributed by atoms with van der Waals surface area (Å²) in [6.45, 7) is 3.32. The van der Waals surface area contributed by atoms with Gasteiger partial charge in [0.25, 0.3) is 0 Å². The van der Waals surface area contributed by atoms with Crippen molar-refractivity contribution < 1.29 is 17.9 Å². The predicted octanol–water partition coefficient (Wildman–Crippen LogP) is 3.25. The highest BCUT2D eigenvalue weighted by molar-refractivity contribution is 7.89. The lowest BCUT2D eigenvalue weighted by Crippen LogP contribution is -2.37. The quantitative estimate of drug-likeness (QED) is 0.787. The van der Waals surface area contributed by atoms with Gasteiger partial charge in [0, 0.05) is 31.8 Å². The number of fused-ring (bicyclic) bond motifs is 1. The number of sulfonamides is 1. The molecular formula is C22H26N2O4S. The zero-order valence-corrected chi connectivity index (χ0v) is 17.4. The summed E-state index contributed by atoms with van der Waals surface area (Å²) in [5.74, 6) is -0.0347. The SMILES string of the molecule is Cc1cccc(CN(CC2CCCO2)S(=O)(=O)c2ccc3c(c2)CCC(=O)N3)c1. The van der Waals surface area contributed by atoms with Gasteiger partial charge in [0.2, 0.25) is 15.9 Å². The normalized spacial score (nSPS) is 19.2. The second-order valence-corrected chi connectivity index (χ2v) is 9.73. The van der Waals surface area contributed by atoms with Crippen LogP contribution in [0.3, 0.4) is 0 Å². The predicted molar refractivity (Wildman–Crippen MR) is 111 cm³/mol. The minimum Gasteiger partial charge on any atom is -0.377 e. The molecule has 0 spiro atoms. The van der Waals surface area contributed by atoms with E-state index in [1.807, 2.05) is 31.2 Å². The number of anilines is 1. The molecule has 1 N–H and O–H groups in total. The summed E-state index contributed by atoms with van der Waals surface area (Å²) >= 11 is 0. The van der Waals surface area contributed by atoms with Crippen molar-refractivity contribution in [1.82, 2.24) is 4.31 Å². The van der Waals surface area contributed by atoms with Crippen LogP contribution >= 0.6 is 0 Å². The first-order valence-electron chi connectivity index (χ1n) is 10.0. The Morgan fingerprint density at radius 3 is 2.79 bits per heavy atom. The molecule has 2 aromatic carbocycles. The molecule has 2 aromatic rings. The summed E-state index contributed by atoms with van der Waals surface area (Å²) in [5.41, 5.74) is 3.61. The van der Waals surface area contributed by atoms with Crippen LogP contribution < -0.4 is 5.32 Å². The Hall–Kier alpha value is -2.22. The average Bonchev–Trinajstić information content (AvgIpc) is 3.20. The van der Waals surface area contributed by atoms with Crippen molar-refractivity contribution in [1.29, 1.82) is 0 Å². The number of carbonyl (C=O) groups excluding carboxylic acids is 1. The lowest BCUT2D eigenvalue weighted by Gasteiger charge is -2.26. The average molecular weight is 415 g/mol. The third kappa shape index (κ3) is 4.52. The molecule has 0 saturated carbocycles. The van der Waals surface area contributed by atoms with Gasteiger partial charge in [-0.1, -0.05) is 29.8 Å². The maximum atomic E-state index is 13.5. The molecule has 1 atom stereocenters. The van der Waals surface area contributed by atoms with Gasteiger partial charge in [-0.15, -0.1) is 0 Å². The largest absolute Gasteiger partial charge is 0.377 e. The Labute approximate surface area is 171 Å². The highest BCUT2D eigenvalue weighted by Crippen LogP contribution is 2.28. The molecule has 1 fully saturated rings. The Bertz CT molecular complexity index is 1010. The van der Waals surface area contributed by atoms with Crippen LogP contribution in [0.25, 0.3) is 0 Å². The van der Waals surface area contributed by atoms with E-state index >= 15 is 0 Å². The summed E-state index contributed by atoms with van der Waals surface area (Å²) in [4.78, 5) is 11.9. The Morgan fingerprint density at radius 2 is 2.03 bits per heavy atom. The Kier molecular flexibility index (Phi) is 5.72. The van der Waals surface area contributed by atoms with E-state index in [0.717, 1.165) is 29.5 Å². The Morgan fingerprint density at radius 1 is 1.17 bits per heavy atom. The molecule has 6 nitrogen and oxygen atoms in total. The van der Waals surface area contributed by atoms with Crippen LogP contribution in [0.1, 0.15) is 36.0 Å². The molecule has 2 aliphatic heterocycles. The number of hydrogen-bond acceptors (Lipinski definition) is 4. The molecule has 2 aliphatic rings. The van der Waals surface area contributed by atoms with E-state index in [0.29, 0.717) is 38.2 Å². The van der Waals surface area contributed by atoms with Crippen molar-refractivity contribution in [2.24, 2.45) is 0 Å². The van der Waals surface area contributed by atoms with Crippen LogP contribution in [0.15, 0.2) is 47.4 Å². The minimum atomic E-state index is -3.71. The second kappa shape index (κ2) is 8.26.